The summed E-state index contributed by atoms with van der Waals surface area (Å²) in [5, 5.41) is 11.8. The number of aliphatic hydroxyl groups is 1. The summed E-state index contributed by atoms with van der Waals surface area (Å²) >= 11 is 6.13. The third-order valence-corrected chi connectivity index (χ3v) is 2.81. The Kier molecular flexibility index (Phi) is 2.44. The second-order valence-electron chi connectivity index (χ2n) is 3.42. The second-order valence-corrected chi connectivity index (χ2v) is 3.80. The minimum Gasteiger partial charge on any atom is -0.392 e. The molecule has 0 saturated carbocycles. The van der Waals surface area contributed by atoms with Crippen molar-refractivity contribution in [3.63, 3.8) is 0 Å². The second kappa shape index (κ2) is 3.60. The Labute approximate surface area is 87.9 Å². The maximum Gasteiger partial charge on any atom is 0.0696 e. The molecule has 0 fully saturated rings. The summed E-state index contributed by atoms with van der Waals surface area (Å²) in [5.41, 5.74) is 1.99. The minimum atomic E-state index is -0.0113. The quantitative estimate of drug-likeness (QED) is 0.759. The zero-order valence-corrected chi connectivity index (χ0v) is 8.67. The lowest BCUT2D eigenvalue weighted by Gasteiger charge is -2.05. The first-order valence-corrected chi connectivity index (χ1v) is 4.89. The van der Waals surface area contributed by atoms with Crippen LogP contribution in [0.4, 0.5) is 0 Å². The number of hydrogen-bond donors (Lipinski definition) is 1. The molecule has 1 nitrogen and oxygen atoms in total. The molecule has 0 aliphatic heterocycles. The molecule has 0 spiro atoms. The molecule has 0 amide bonds. The molecule has 0 saturated heterocycles. The van der Waals surface area contributed by atoms with Gasteiger partial charge in [-0.05, 0) is 17.9 Å². The van der Waals surface area contributed by atoms with Gasteiger partial charge in [-0.15, -0.1) is 0 Å². The molecule has 14 heavy (non-hydrogen) atoms. The van der Waals surface area contributed by atoms with Crippen LogP contribution in [0.5, 0.6) is 0 Å². The van der Waals surface area contributed by atoms with Crippen LogP contribution in [0.1, 0.15) is 11.1 Å². The molecule has 0 aliphatic carbocycles. The summed E-state index contributed by atoms with van der Waals surface area (Å²) < 4.78 is 0. The van der Waals surface area contributed by atoms with Crippen LogP contribution in [-0.2, 0) is 6.61 Å². The normalized spacial score (nSPS) is 10.8. The van der Waals surface area contributed by atoms with Crippen LogP contribution in [0.25, 0.3) is 10.8 Å². The lowest BCUT2D eigenvalue weighted by Crippen LogP contribution is -1.86. The fraction of sp³-hybridized carbons (Fsp3) is 0.167. The Morgan fingerprint density at radius 1 is 1.21 bits per heavy atom. The number of benzene rings is 2. The van der Waals surface area contributed by atoms with Crippen LogP contribution >= 0.6 is 11.6 Å². The minimum absolute atomic E-state index is 0.0113. The number of aryl methyl sites for hydroxylation is 1. The van der Waals surface area contributed by atoms with Gasteiger partial charge in [0.15, 0.2) is 0 Å². The molecule has 0 atom stereocenters. The fourth-order valence-corrected chi connectivity index (χ4v) is 1.87. The van der Waals surface area contributed by atoms with Gasteiger partial charge >= 0.3 is 0 Å². The largest absolute Gasteiger partial charge is 0.392 e. The average molecular weight is 207 g/mol. The van der Waals surface area contributed by atoms with Gasteiger partial charge in [-0.25, -0.2) is 0 Å². The summed E-state index contributed by atoms with van der Waals surface area (Å²) in [7, 11) is 0. The molecule has 72 valence electrons. The number of rotatable bonds is 1. The highest BCUT2D eigenvalue weighted by Crippen LogP contribution is 2.27. The Bertz CT molecular complexity index is 477. The first kappa shape index (κ1) is 9.50. The van der Waals surface area contributed by atoms with E-state index in [9.17, 15) is 0 Å². The Morgan fingerprint density at radius 3 is 2.71 bits per heavy atom. The van der Waals surface area contributed by atoms with E-state index in [1.165, 1.54) is 5.56 Å². The molecule has 1 N–H and O–H groups in total. The summed E-state index contributed by atoms with van der Waals surface area (Å²) in [4.78, 5) is 0. The maximum absolute atomic E-state index is 9.05. The molecule has 2 aromatic carbocycles. The van der Waals surface area contributed by atoms with Crippen molar-refractivity contribution in [2.75, 3.05) is 0 Å². The van der Waals surface area contributed by atoms with Gasteiger partial charge in [0, 0.05) is 5.39 Å². The predicted molar refractivity (Wildman–Crippen MR) is 59.6 cm³/mol. The van der Waals surface area contributed by atoms with E-state index in [0.29, 0.717) is 5.02 Å². The van der Waals surface area contributed by atoms with Gasteiger partial charge in [-0.2, -0.15) is 0 Å². The van der Waals surface area contributed by atoms with Crippen molar-refractivity contribution in [1.82, 2.24) is 0 Å². The monoisotopic (exact) mass is 206 g/mol. The number of halogens is 1. The van der Waals surface area contributed by atoms with E-state index in [-0.39, 0.29) is 6.61 Å². The van der Waals surface area contributed by atoms with Crippen molar-refractivity contribution < 1.29 is 5.11 Å². The smallest absolute Gasteiger partial charge is 0.0696 e. The topological polar surface area (TPSA) is 20.2 Å². The Hall–Kier alpha value is -1.05. The molecule has 2 aromatic rings. The molecule has 0 heterocycles. The van der Waals surface area contributed by atoms with Crippen molar-refractivity contribution >= 4 is 22.4 Å². The lowest BCUT2D eigenvalue weighted by atomic mass is 10.0. The summed E-state index contributed by atoms with van der Waals surface area (Å²) in [5.74, 6) is 0. The van der Waals surface area contributed by atoms with Crippen LogP contribution in [0.3, 0.4) is 0 Å². The van der Waals surface area contributed by atoms with Gasteiger partial charge in [0.25, 0.3) is 0 Å². The third-order valence-electron chi connectivity index (χ3n) is 2.36. The van der Waals surface area contributed by atoms with E-state index in [1.54, 1.807) is 0 Å². The molecule has 0 aliphatic rings. The van der Waals surface area contributed by atoms with Crippen LogP contribution in [-0.4, -0.2) is 5.11 Å². The molecule has 2 rings (SSSR count). The van der Waals surface area contributed by atoms with E-state index in [4.69, 9.17) is 16.7 Å². The van der Waals surface area contributed by atoms with Gasteiger partial charge in [0.1, 0.15) is 0 Å². The molecule has 0 unspecified atom stereocenters. The van der Waals surface area contributed by atoms with Crippen LogP contribution in [0, 0.1) is 6.92 Å². The van der Waals surface area contributed by atoms with Gasteiger partial charge in [-0.3, -0.25) is 0 Å². The number of hydrogen-bond acceptors (Lipinski definition) is 1. The fourth-order valence-electron chi connectivity index (χ4n) is 1.58. The Morgan fingerprint density at radius 2 is 2.00 bits per heavy atom. The predicted octanol–water partition coefficient (Wildman–Crippen LogP) is 3.29. The van der Waals surface area contributed by atoms with Crippen LogP contribution in [0.2, 0.25) is 5.02 Å². The summed E-state index contributed by atoms with van der Waals surface area (Å²) in [6.07, 6.45) is 0. The standard InChI is InChI=1S/C12H11ClO/c1-8-2-5-11-9(6-8)3-4-10(7-14)12(11)13/h2-6,14H,7H2,1H3. The van der Waals surface area contributed by atoms with Gasteiger partial charge in [-0.1, -0.05) is 47.5 Å². The molecular formula is C12H11ClO. The van der Waals surface area contributed by atoms with Crippen molar-refractivity contribution in [3.05, 3.63) is 46.5 Å². The highest BCUT2D eigenvalue weighted by molar-refractivity contribution is 6.36. The molecule has 0 bridgehead atoms. The van der Waals surface area contributed by atoms with Crippen molar-refractivity contribution in [2.45, 2.75) is 13.5 Å². The van der Waals surface area contributed by atoms with E-state index in [1.807, 2.05) is 31.2 Å². The Balaban J connectivity index is 2.77. The first-order chi connectivity index (χ1) is 6.72. The zero-order chi connectivity index (χ0) is 10.1. The lowest BCUT2D eigenvalue weighted by molar-refractivity contribution is 0.282. The van der Waals surface area contributed by atoms with Gasteiger partial charge in [0.05, 0.1) is 11.6 Å². The van der Waals surface area contributed by atoms with Gasteiger partial charge < -0.3 is 5.11 Å². The van der Waals surface area contributed by atoms with E-state index in [0.717, 1.165) is 16.3 Å². The summed E-state index contributed by atoms with van der Waals surface area (Å²) in [6, 6.07) is 9.95. The van der Waals surface area contributed by atoms with Crippen LogP contribution < -0.4 is 0 Å². The van der Waals surface area contributed by atoms with E-state index >= 15 is 0 Å². The highest BCUT2D eigenvalue weighted by Gasteiger charge is 2.03. The molecule has 0 aromatic heterocycles. The zero-order valence-electron chi connectivity index (χ0n) is 7.92. The SMILES string of the molecule is Cc1ccc2c(Cl)c(CO)ccc2c1. The average Bonchev–Trinajstić information content (AvgIpc) is 2.18. The summed E-state index contributed by atoms with van der Waals surface area (Å²) in [6.45, 7) is 2.04. The molecular weight excluding hydrogens is 196 g/mol. The highest BCUT2D eigenvalue weighted by atomic mass is 35.5. The van der Waals surface area contributed by atoms with Crippen LogP contribution in [0.15, 0.2) is 30.3 Å². The van der Waals surface area contributed by atoms with E-state index in [2.05, 4.69) is 6.07 Å². The van der Waals surface area contributed by atoms with Crippen molar-refractivity contribution in [3.8, 4) is 0 Å². The van der Waals surface area contributed by atoms with E-state index < -0.39 is 0 Å². The first-order valence-electron chi connectivity index (χ1n) is 4.51. The van der Waals surface area contributed by atoms with Crippen molar-refractivity contribution in [2.24, 2.45) is 0 Å². The molecule has 0 radical (unpaired) electrons. The molecule has 2 heteroatoms. The van der Waals surface area contributed by atoms with Gasteiger partial charge in [0.2, 0.25) is 0 Å². The third kappa shape index (κ3) is 1.49. The maximum atomic E-state index is 9.05. The van der Waals surface area contributed by atoms with Crippen molar-refractivity contribution in [1.29, 1.82) is 0 Å². The number of aliphatic hydroxyl groups excluding tert-OH is 1. The number of fused-ring (bicyclic) bond motifs is 1.